The van der Waals surface area contributed by atoms with Crippen LogP contribution in [0.2, 0.25) is 5.15 Å². The fourth-order valence-electron chi connectivity index (χ4n) is 1.59. The minimum atomic E-state index is -4.49. The van der Waals surface area contributed by atoms with Gasteiger partial charge in [-0.25, -0.2) is 4.98 Å². The molecule has 0 spiro atoms. The van der Waals surface area contributed by atoms with Crippen LogP contribution in [0.15, 0.2) is 18.2 Å². The first-order valence-corrected chi connectivity index (χ1v) is 7.35. The molecule has 2 rings (SSSR count). The van der Waals surface area contributed by atoms with Crippen LogP contribution in [0.5, 0.6) is 0 Å². The summed E-state index contributed by atoms with van der Waals surface area (Å²) in [5.74, 6) is -0.434. The van der Waals surface area contributed by atoms with Crippen LogP contribution in [0.3, 0.4) is 0 Å². The fraction of sp³-hybridized carbons (Fsp3) is 0.429. The summed E-state index contributed by atoms with van der Waals surface area (Å²) in [7, 11) is 0. The SMILES string of the molecule is [2H]c1cc([2H])c(-c2nc(NC(C)C)nc(N[C@H](C)C(F)(F)F)n2)nc1Cl. The number of nitrogens with one attached hydrogen (secondary N) is 2. The van der Waals surface area contributed by atoms with Crippen molar-refractivity contribution in [3.63, 3.8) is 0 Å². The number of rotatable bonds is 5. The van der Waals surface area contributed by atoms with Crippen molar-refractivity contribution in [2.75, 3.05) is 10.6 Å². The van der Waals surface area contributed by atoms with Gasteiger partial charge in [0.15, 0.2) is 5.82 Å². The van der Waals surface area contributed by atoms with Crippen LogP contribution in [-0.2, 0) is 0 Å². The Kier molecular flexibility index (Phi) is 4.59. The summed E-state index contributed by atoms with van der Waals surface area (Å²) in [6, 6.07) is -1.18. The molecule has 0 aliphatic heterocycles. The van der Waals surface area contributed by atoms with E-state index in [1.807, 2.05) is 0 Å². The third kappa shape index (κ3) is 4.92. The van der Waals surface area contributed by atoms with Crippen molar-refractivity contribution < 1.29 is 15.9 Å². The van der Waals surface area contributed by atoms with E-state index in [1.165, 1.54) is 0 Å². The van der Waals surface area contributed by atoms with Crippen molar-refractivity contribution >= 4 is 23.5 Å². The van der Waals surface area contributed by atoms with Gasteiger partial charge < -0.3 is 10.6 Å². The minimum Gasteiger partial charge on any atom is -0.352 e. The Morgan fingerprint density at radius 2 is 1.67 bits per heavy atom. The van der Waals surface area contributed by atoms with Gasteiger partial charge in [0.1, 0.15) is 16.9 Å². The third-order valence-electron chi connectivity index (χ3n) is 2.71. The van der Waals surface area contributed by atoms with E-state index in [-0.39, 0.29) is 46.7 Å². The Morgan fingerprint density at radius 3 is 2.25 bits per heavy atom. The molecule has 10 heteroatoms. The molecule has 0 bridgehead atoms. The molecule has 2 aromatic heterocycles. The van der Waals surface area contributed by atoms with E-state index < -0.39 is 12.2 Å². The third-order valence-corrected chi connectivity index (χ3v) is 2.91. The molecular weight excluding hydrogens is 345 g/mol. The van der Waals surface area contributed by atoms with E-state index in [1.54, 1.807) is 13.8 Å². The van der Waals surface area contributed by atoms with Gasteiger partial charge in [-0.3, -0.25) is 0 Å². The van der Waals surface area contributed by atoms with Gasteiger partial charge in [-0.2, -0.15) is 28.1 Å². The molecular formula is C14H16ClF3N6. The quantitative estimate of drug-likeness (QED) is 0.788. The molecule has 0 amide bonds. The lowest BCUT2D eigenvalue weighted by Gasteiger charge is -2.18. The normalized spacial score (nSPS) is 14.2. The van der Waals surface area contributed by atoms with Crippen molar-refractivity contribution in [3.05, 3.63) is 23.3 Å². The topological polar surface area (TPSA) is 75.6 Å². The van der Waals surface area contributed by atoms with E-state index in [0.717, 1.165) is 13.0 Å². The molecule has 0 aliphatic rings. The van der Waals surface area contributed by atoms with Gasteiger partial charge in [0, 0.05) is 6.04 Å². The maximum atomic E-state index is 12.8. The van der Waals surface area contributed by atoms with E-state index in [0.29, 0.717) is 0 Å². The van der Waals surface area contributed by atoms with Crippen LogP contribution in [0, 0.1) is 0 Å². The second kappa shape index (κ2) is 7.16. The van der Waals surface area contributed by atoms with E-state index in [9.17, 15) is 13.2 Å². The first-order chi connectivity index (χ1) is 12.0. The van der Waals surface area contributed by atoms with Gasteiger partial charge in [-0.05, 0) is 32.9 Å². The Hall–Kier alpha value is -2.16. The number of anilines is 2. The summed E-state index contributed by atoms with van der Waals surface area (Å²) in [5, 5.41) is 4.86. The standard InChI is InChI=1S/C14H16ClF3N6/c1-7(2)19-12-22-11(9-5-4-6-10(15)21-9)23-13(24-12)20-8(3)14(16,17)18/h4-8H,1-3H3,(H2,19,20,22,23,24)/t8-/m1/s1/i5D,6D. The van der Waals surface area contributed by atoms with Crippen molar-refractivity contribution in [3.8, 4) is 11.5 Å². The maximum Gasteiger partial charge on any atom is 0.408 e. The maximum absolute atomic E-state index is 12.8. The second-order valence-electron chi connectivity index (χ2n) is 5.20. The van der Waals surface area contributed by atoms with Crippen LogP contribution in [0.25, 0.3) is 11.5 Å². The summed E-state index contributed by atoms with van der Waals surface area (Å²) in [6.45, 7) is 4.53. The predicted octanol–water partition coefficient (Wildman–Crippen LogP) is 3.77. The Morgan fingerprint density at radius 1 is 1.04 bits per heavy atom. The van der Waals surface area contributed by atoms with Crippen LogP contribution < -0.4 is 10.6 Å². The monoisotopic (exact) mass is 362 g/mol. The smallest absolute Gasteiger partial charge is 0.352 e. The zero-order chi connectivity index (χ0) is 19.6. The van der Waals surface area contributed by atoms with E-state index in [2.05, 4.69) is 30.6 Å². The lowest BCUT2D eigenvalue weighted by Crippen LogP contribution is -2.34. The molecule has 6 nitrogen and oxygen atoms in total. The first kappa shape index (κ1) is 15.4. The molecule has 2 aromatic rings. The number of hydrogen-bond donors (Lipinski definition) is 2. The Bertz CT molecular complexity index is 803. The van der Waals surface area contributed by atoms with Gasteiger partial charge >= 0.3 is 6.18 Å². The molecule has 0 saturated heterocycles. The highest BCUT2D eigenvalue weighted by molar-refractivity contribution is 6.29. The lowest BCUT2D eigenvalue weighted by atomic mass is 10.3. The minimum absolute atomic E-state index is 0.0224. The van der Waals surface area contributed by atoms with Crippen LogP contribution in [-0.4, -0.2) is 38.2 Å². The zero-order valence-corrected chi connectivity index (χ0v) is 13.8. The highest BCUT2D eigenvalue weighted by Gasteiger charge is 2.36. The van der Waals surface area contributed by atoms with Gasteiger partial charge in [0.05, 0.1) is 2.74 Å². The fourth-order valence-corrected chi connectivity index (χ4v) is 1.72. The molecule has 2 heterocycles. The number of nitrogens with zero attached hydrogens (tertiary/aromatic N) is 4. The van der Waals surface area contributed by atoms with Gasteiger partial charge in [-0.1, -0.05) is 17.7 Å². The number of alkyl halides is 3. The highest BCUT2D eigenvalue weighted by atomic mass is 35.5. The highest BCUT2D eigenvalue weighted by Crippen LogP contribution is 2.24. The number of halogens is 4. The summed E-state index contributed by atoms with van der Waals surface area (Å²) >= 11 is 5.81. The van der Waals surface area contributed by atoms with Crippen LogP contribution in [0.1, 0.15) is 23.5 Å². The average Bonchev–Trinajstić information content (AvgIpc) is 2.49. The van der Waals surface area contributed by atoms with E-state index >= 15 is 0 Å². The lowest BCUT2D eigenvalue weighted by molar-refractivity contribution is -0.138. The Balaban J connectivity index is 2.52. The van der Waals surface area contributed by atoms with Crippen molar-refractivity contribution in [2.24, 2.45) is 0 Å². The van der Waals surface area contributed by atoms with Crippen LogP contribution >= 0.6 is 11.6 Å². The Labute approximate surface area is 144 Å². The molecule has 130 valence electrons. The van der Waals surface area contributed by atoms with Gasteiger partial charge in [0.25, 0.3) is 0 Å². The van der Waals surface area contributed by atoms with Crippen molar-refractivity contribution in [2.45, 2.75) is 39.0 Å². The largest absolute Gasteiger partial charge is 0.408 e. The molecule has 0 fully saturated rings. The molecule has 1 atom stereocenters. The molecule has 0 aliphatic carbocycles. The molecule has 0 saturated carbocycles. The van der Waals surface area contributed by atoms with Crippen molar-refractivity contribution in [1.29, 1.82) is 0 Å². The molecule has 0 unspecified atom stereocenters. The summed E-state index contributed by atoms with van der Waals surface area (Å²) in [5.41, 5.74) is -0.0667. The second-order valence-corrected chi connectivity index (χ2v) is 5.56. The predicted molar refractivity (Wildman–Crippen MR) is 86.0 cm³/mol. The first-order valence-electron chi connectivity index (χ1n) is 7.97. The van der Waals surface area contributed by atoms with E-state index in [4.69, 9.17) is 14.3 Å². The van der Waals surface area contributed by atoms with Gasteiger partial charge in [-0.15, -0.1) is 0 Å². The number of hydrogen-bond acceptors (Lipinski definition) is 6. The summed E-state index contributed by atoms with van der Waals surface area (Å²) in [4.78, 5) is 15.8. The van der Waals surface area contributed by atoms with Gasteiger partial charge in [0.2, 0.25) is 11.9 Å². The summed E-state index contributed by atoms with van der Waals surface area (Å²) < 4.78 is 53.8. The zero-order valence-electron chi connectivity index (χ0n) is 15.0. The van der Waals surface area contributed by atoms with Crippen molar-refractivity contribution in [1.82, 2.24) is 19.9 Å². The molecule has 2 N–H and O–H groups in total. The molecule has 24 heavy (non-hydrogen) atoms. The number of pyridine rings is 1. The summed E-state index contributed by atoms with van der Waals surface area (Å²) in [6.07, 6.45) is -4.49. The molecule has 0 radical (unpaired) electrons. The average molecular weight is 363 g/mol. The molecule has 0 aromatic carbocycles. The number of aromatic nitrogens is 4. The van der Waals surface area contributed by atoms with Crippen LogP contribution in [0.4, 0.5) is 25.1 Å².